The van der Waals surface area contributed by atoms with Gasteiger partial charge in [-0.1, -0.05) is 41.9 Å². The van der Waals surface area contributed by atoms with Crippen molar-refractivity contribution in [1.82, 2.24) is 0 Å². The highest BCUT2D eigenvalue weighted by Crippen LogP contribution is 2.15. The Morgan fingerprint density at radius 3 is 2.40 bits per heavy atom. The quantitative estimate of drug-likeness (QED) is 0.586. The average Bonchev–Trinajstić information content (AvgIpc) is 2.05. The van der Waals surface area contributed by atoms with Crippen LogP contribution in [0.1, 0.15) is 5.56 Å². The van der Waals surface area contributed by atoms with Gasteiger partial charge >= 0.3 is 0 Å². The van der Waals surface area contributed by atoms with Gasteiger partial charge in [-0.05, 0) is 0 Å². The second kappa shape index (κ2) is 3.37. The second-order valence-corrected chi connectivity index (χ2v) is 2.04. The van der Waals surface area contributed by atoms with Crippen molar-refractivity contribution in [3.63, 3.8) is 0 Å². The lowest BCUT2D eigenvalue weighted by Crippen LogP contribution is -1.72. The van der Waals surface area contributed by atoms with Crippen molar-refractivity contribution in [2.24, 2.45) is 0 Å². The summed E-state index contributed by atoms with van der Waals surface area (Å²) in [6.07, 6.45) is 0. The molecule has 0 radical (unpaired) electrons. The van der Waals surface area contributed by atoms with Crippen LogP contribution >= 0.6 is 11.6 Å². The lowest BCUT2D eigenvalue weighted by Gasteiger charge is -1.92. The summed E-state index contributed by atoms with van der Waals surface area (Å²) in [6, 6.07) is 8.66. The lowest BCUT2D eigenvalue weighted by molar-refractivity contribution is 0.762. The van der Waals surface area contributed by atoms with Crippen molar-refractivity contribution in [3.8, 4) is 0 Å². The van der Waals surface area contributed by atoms with Crippen LogP contribution in [0.25, 0.3) is 5.83 Å². The molecular formula is C8H6ClF. The molecule has 0 amide bonds. The molecule has 0 aliphatic heterocycles. The van der Waals surface area contributed by atoms with Gasteiger partial charge in [0.05, 0.1) is 0 Å². The van der Waals surface area contributed by atoms with Crippen LogP contribution in [0.15, 0.2) is 35.9 Å². The molecule has 1 rings (SSSR count). The maximum atomic E-state index is 12.6. The molecule has 0 unspecified atom stereocenters. The third kappa shape index (κ3) is 1.58. The van der Waals surface area contributed by atoms with Crippen molar-refractivity contribution >= 4 is 17.4 Å². The van der Waals surface area contributed by atoms with Gasteiger partial charge in [-0.25, -0.2) is 4.39 Å². The molecule has 0 heterocycles. The topological polar surface area (TPSA) is 0 Å². The molecule has 0 spiro atoms. The van der Waals surface area contributed by atoms with E-state index in [1.807, 2.05) is 6.07 Å². The van der Waals surface area contributed by atoms with Gasteiger partial charge < -0.3 is 0 Å². The van der Waals surface area contributed by atoms with Gasteiger partial charge in [0.2, 0.25) is 0 Å². The van der Waals surface area contributed by atoms with Gasteiger partial charge in [0.15, 0.2) is 0 Å². The first kappa shape index (κ1) is 7.29. The number of rotatable bonds is 1. The number of hydrogen-bond donors (Lipinski definition) is 0. The summed E-state index contributed by atoms with van der Waals surface area (Å²) < 4.78 is 12.6. The zero-order valence-corrected chi connectivity index (χ0v) is 5.98. The molecule has 0 aromatic heterocycles. The highest BCUT2D eigenvalue weighted by molar-refractivity contribution is 6.27. The van der Waals surface area contributed by atoms with Crippen LogP contribution in [-0.4, -0.2) is 0 Å². The average molecular weight is 157 g/mol. The minimum Gasteiger partial charge on any atom is -0.205 e. The third-order valence-electron chi connectivity index (χ3n) is 1.15. The fourth-order valence-electron chi connectivity index (χ4n) is 0.660. The van der Waals surface area contributed by atoms with Crippen molar-refractivity contribution in [3.05, 3.63) is 41.4 Å². The smallest absolute Gasteiger partial charge is 0.141 e. The second-order valence-electron chi connectivity index (χ2n) is 1.82. The first-order chi connectivity index (χ1) is 4.84. The molecule has 0 bridgehead atoms. The Labute approximate surface area is 63.9 Å². The molecule has 1 aromatic rings. The van der Waals surface area contributed by atoms with E-state index in [-0.39, 0.29) is 0 Å². The monoisotopic (exact) mass is 156 g/mol. The maximum Gasteiger partial charge on any atom is 0.141 e. The van der Waals surface area contributed by atoms with Crippen LogP contribution in [-0.2, 0) is 0 Å². The Kier molecular flexibility index (Phi) is 2.46. The largest absolute Gasteiger partial charge is 0.205 e. The summed E-state index contributed by atoms with van der Waals surface area (Å²) in [5.74, 6) is -0.401. The van der Waals surface area contributed by atoms with Crippen LogP contribution in [0.2, 0.25) is 0 Å². The van der Waals surface area contributed by atoms with Crippen LogP contribution in [0.4, 0.5) is 4.39 Å². The van der Waals surface area contributed by atoms with Gasteiger partial charge in [-0.2, -0.15) is 0 Å². The molecule has 0 aliphatic rings. The summed E-state index contributed by atoms with van der Waals surface area (Å²) in [4.78, 5) is 0. The zero-order valence-electron chi connectivity index (χ0n) is 5.22. The summed E-state index contributed by atoms with van der Waals surface area (Å²) >= 11 is 5.15. The fraction of sp³-hybridized carbons (Fsp3) is 0. The molecule has 0 N–H and O–H groups in total. The van der Waals surface area contributed by atoms with E-state index in [0.29, 0.717) is 5.56 Å². The van der Waals surface area contributed by atoms with Crippen molar-refractivity contribution in [2.45, 2.75) is 0 Å². The van der Waals surface area contributed by atoms with Crippen LogP contribution in [0.3, 0.4) is 0 Å². The van der Waals surface area contributed by atoms with Crippen molar-refractivity contribution in [1.29, 1.82) is 0 Å². The molecule has 0 atom stereocenters. The summed E-state index contributed by atoms with van der Waals surface area (Å²) in [5.41, 5.74) is 1.44. The minimum atomic E-state index is -0.401. The molecule has 0 nitrogen and oxygen atoms in total. The van der Waals surface area contributed by atoms with Gasteiger partial charge in [0.1, 0.15) is 5.83 Å². The van der Waals surface area contributed by atoms with E-state index in [1.54, 1.807) is 24.3 Å². The molecule has 52 valence electrons. The Hall–Kier alpha value is -0.820. The normalized spacial score (nSPS) is 11.6. The van der Waals surface area contributed by atoms with Gasteiger partial charge in [-0.3, -0.25) is 0 Å². The number of benzene rings is 1. The summed E-state index contributed by atoms with van der Waals surface area (Å²) in [5, 5.41) is 0. The minimum absolute atomic E-state index is 0.401. The molecule has 10 heavy (non-hydrogen) atoms. The zero-order chi connectivity index (χ0) is 7.40. The molecule has 2 heteroatoms. The Morgan fingerprint density at radius 1 is 1.30 bits per heavy atom. The molecule has 1 aromatic carbocycles. The van der Waals surface area contributed by atoms with Crippen molar-refractivity contribution in [2.75, 3.05) is 0 Å². The Bertz CT molecular complexity index is 228. The van der Waals surface area contributed by atoms with E-state index in [2.05, 4.69) is 0 Å². The van der Waals surface area contributed by atoms with Crippen molar-refractivity contribution < 1.29 is 4.39 Å². The maximum absolute atomic E-state index is 12.6. The first-order valence-corrected chi connectivity index (χ1v) is 3.29. The van der Waals surface area contributed by atoms with Gasteiger partial charge in [0.25, 0.3) is 0 Å². The van der Waals surface area contributed by atoms with E-state index in [9.17, 15) is 4.39 Å². The Morgan fingerprint density at radius 2 is 1.90 bits per heavy atom. The van der Waals surface area contributed by atoms with E-state index in [1.165, 1.54) is 0 Å². The molecule has 0 aliphatic carbocycles. The lowest BCUT2D eigenvalue weighted by atomic mass is 10.2. The van der Waals surface area contributed by atoms with E-state index in [0.717, 1.165) is 5.54 Å². The standard InChI is InChI=1S/C8H6ClF/c9-6-8(10)7-4-2-1-3-5-7/h1-6H. The predicted octanol–water partition coefficient (Wildman–Crippen LogP) is 3.19. The predicted molar refractivity (Wildman–Crippen MR) is 41.4 cm³/mol. The molecular weight excluding hydrogens is 151 g/mol. The van der Waals surface area contributed by atoms with Crippen LogP contribution in [0, 0.1) is 0 Å². The van der Waals surface area contributed by atoms with E-state index in [4.69, 9.17) is 11.6 Å². The van der Waals surface area contributed by atoms with Crippen LogP contribution < -0.4 is 0 Å². The number of halogens is 2. The molecule has 0 fully saturated rings. The molecule has 0 saturated heterocycles. The van der Waals surface area contributed by atoms with E-state index >= 15 is 0 Å². The number of hydrogen-bond acceptors (Lipinski definition) is 0. The van der Waals surface area contributed by atoms with E-state index < -0.39 is 5.83 Å². The highest BCUT2D eigenvalue weighted by atomic mass is 35.5. The fourth-order valence-corrected chi connectivity index (χ4v) is 0.786. The summed E-state index contributed by atoms with van der Waals surface area (Å²) in [7, 11) is 0. The SMILES string of the molecule is FC(=CCl)c1ccccc1. The third-order valence-corrected chi connectivity index (χ3v) is 1.34. The summed E-state index contributed by atoms with van der Waals surface area (Å²) in [6.45, 7) is 0. The van der Waals surface area contributed by atoms with Crippen LogP contribution in [0.5, 0.6) is 0 Å². The molecule has 0 saturated carbocycles. The first-order valence-electron chi connectivity index (χ1n) is 2.86. The Balaban J connectivity index is 2.96. The highest BCUT2D eigenvalue weighted by Gasteiger charge is 1.94. The van der Waals surface area contributed by atoms with Gasteiger partial charge in [0, 0.05) is 11.1 Å². The van der Waals surface area contributed by atoms with Gasteiger partial charge in [-0.15, -0.1) is 0 Å².